The number of hydrogen-bond donors (Lipinski definition) is 2. The molecule has 0 unspecified atom stereocenters. The molecule has 0 aliphatic heterocycles. The average Bonchev–Trinajstić information content (AvgIpc) is 2.85. The van der Waals surface area contributed by atoms with E-state index in [1.165, 1.54) is 13.3 Å². The normalized spacial score (nSPS) is 10.6. The number of hydrazone groups is 1. The van der Waals surface area contributed by atoms with Crippen LogP contribution in [0.25, 0.3) is 0 Å². The van der Waals surface area contributed by atoms with Gasteiger partial charge in [-0.05, 0) is 56.3 Å². The van der Waals surface area contributed by atoms with Crippen LogP contribution in [0.1, 0.15) is 28.4 Å². The summed E-state index contributed by atoms with van der Waals surface area (Å²) in [5.74, 6) is 0.788. The molecule has 0 saturated carbocycles. The number of amides is 2. The lowest BCUT2D eigenvalue weighted by atomic mass is 10.2. The molecule has 8 heteroatoms. The summed E-state index contributed by atoms with van der Waals surface area (Å²) < 4.78 is 16.4. The number of anilines is 1. The zero-order valence-electron chi connectivity index (χ0n) is 19.3. The molecule has 0 spiro atoms. The number of ether oxygens (including phenoxy) is 3. The zero-order valence-corrected chi connectivity index (χ0v) is 19.3. The third-order valence-corrected chi connectivity index (χ3v) is 4.71. The first-order chi connectivity index (χ1) is 16.5. The molecule has 0 aromatic heterocycles. The fourth-order valence-electron chi connectivity index (χ4n) is 3.01. The van der Waals surface area contributed by atoms with Crippen molar-refractivity contribution in [2.75, 3.05) is 25.6 Å². The third kappa shape index (κ3) is 6.83. The molecule has 2 N–H and O–H groups in total. The summed E-state index contributed by atoms with van der Waals surface area (Å²) >= 11 is 0. The Balaban J connectivity index is 1.59. The fourth-order valence-corrected chi connectivity index (χ4v) is 3.01. The molecule has 3 rings (SSSR count). The highest BCUT2D eigenvalue weighted by molar-refractivity contribution is 5.96. The molecule has 0 saturated heterocycles. The number of nitrogens with one attached hydrogen (secondary N) is 2. The largest absolute Gasteiger partial charge is 0.493 e. The van der Waals surface area contributed by atoms with E-state index < -0.39 is 5.91 Å². The van der Waals surface area contributed by atoms with E-state index in [2.05, 4.69) is 15.8 Å². The third-order valence-electron chi connectivity index (χ3n) is 4.71. The summed E-state index contributed by atoms with van der Waals surface area (Å²) in [4.78, 5) is 24.7. The van der Waals surface area contributed by atoms with Crippen LogP contribution in [-0.2, 0) is 4.79 Å². The molecule has 8 nitrogen and oxygen atoms in total. The van der Waals surface area contributed by atoms with Gasteiger partial charge in [0.25, 0.3) is 11.8 Å². The SMILES string of the molecule is CCOc1cc(C(=O)N/N=C/c2ccccc2OCC(=O)Nc2ccc(C)cc2)ccc1OC. The Kier molecular flexibility index (Phi) is 8.62. The topological polar surface area (TPSA) is 98.3 Å². The van der Waals surface area contributed by atoms with Crippen LogP contribution in [0.3, 0.4) is 0 Å². The Labute approximate surface area is 198 Å². The number of para-hydroxylation sites is 1. The van der Waals surface area contributed by atoms with Gasteiger partial charge in [-0.25, -0.2) is 5.43 Å². The summed E-state index contributed by atoms with van der Waals surface area (Å²) in [5, 5.41) is 6.81. The van der Waals surface area contributed by atoms with Crippen molar-refractivity contribution < 1.29 is 23.8 Å². The maximum Gasteiger partial charge on any atom is 0.271 e. The van der Waals surface area contributed by atoms with Crippen molar-refractivity contribution in [1.29, 1.82) is 0 Å². The van der Waals surface area contributed by atoms with Crippen molar-refractivity contribution in [3.63, 3.8) is 0 Å². The van der Waals surface area contributed by atoms with Crippen molar-refractivity contribution in [2.24, 2.45) is 5.10 Å². The van der Waals surface area contributed by atoms with E-state index in [1.807, 2.05) is 38.1 Å². The molecule has 0 bridgehead atoms. The smallest absolute Gasteiger partial charge is 0.271 e. The van der Waals surface area contributed by atoms with E-state index in [4.69, 9.17) is 14.2 Å². The molecule has 0 atom stereocenters. The summed E-state index contributed by atoms with van der Waals surface area (Å²) in [6, 6.07) is 19.5. The van der Waals surface area contributed by atoms with E-state index in [0.717, 1.165) is 5.56 Å². The van der Waals surface area contributed by atoms with E-state index >= 15 is 0 Å². The predicted molar refractivity (Wildman–Crippen MR) is 131 cm³/mol. The first kappa shape index (κ1) is 24.3. The Morgan fingerprint density at radius 3 is 2.44 bits per heavy atom. The minimum Gasteiger partial charge on any atom is -0.493 e. The van der Waals surface area contributed by atoms with Gasteiger partial charge in [0.1, 0.15) is 5.75 Å². The van der Waals surface area contributed by atoms with Crippen LogP contribution < -0.4 is 25.0 Å². The molecule has 0 aliphatic carbocycles. The summed E-state index contributed by atoms with van der Waals surface area (Å²) in [6.45, 7) is 4.10. The molecule has 0 radical (unpaired) electrons. The average molecular weight is 462 g/mol. The highest BCUT2D eigenvalue weighted by atomic mass is 16.5. The van der Waals surface area contributed by atoms with Crippen LogP contribution >= 0.6 is 0 Å². The molecule has 3 aromatic carbocycles. The molecular formula is C26H27N3O5. The van der Waals surface area contributed by atoms with Gasteiger partial charge in [-0.3, -0.25) is 9.59 Å². The first-order valence-corrected chi connectivity index (χ1v) is 10.7. The number of carbonyl (C=O) groups excluding carboxylic acids is 2. The van der Waals surface area contributed by atoms with Gasteiger partial charge in [0.15, 0.2) is 18.1 Å². The van der Waals surface area contributed by atoms with Crippen LogP contribution in [0.15, 0.2) is 71.8 Å². The van der Waals surface area contributed by atoms with Gasteiger partial charge < -0.3 is 19.5 Å². The molecule has 34 heavy (non-hydrogen) atoms. The van der Waals surface area contributed by atoms with Gasteiger partial charge in [-0.1, -0.05) is 29.8 Å². The maximum absolute atomic E-state index is 12.5. The highest BCUT2D eigenvalue weighted by Crippen LogP contribution is 2.28. The van der Waals surface area contributed by atoms with Gasteiger partial charge in [0.2, 0.25) is 0 Å². The molecule has 2 amide bonds. The lowest BCUT2D eigenvalue weighted by Gasteiger charge is -2.10. The van der Waals surface area contributed by atoms with Crippen LogP contribution in [0.5, 0.6) is 17.2 Å². The number of nitrogens with zero attached hydrogens (tertiary/aromatic N) is 1. The van der Waals surface area contributed by atoms with Gasteiger partial charge in [0, 0.05) is 16.8 Å². The van der Waals surface area contributed by atoms with Crippen molar-refractivity contribution in [1.82, 2.24) is 5.43 Å². The van der Waals surface area contributed by atoms with E-state index in [-0.39, 0.29) is 12.5 Å². The van der Waals surface area contributed by atoms with Crippen molar-refractivity contribution in [3.8, 4) is 17.2 Å². The van der Waals surface area contributed by atoms with E-state index in [1.54, 1.807) is 42.5 Å². The van der Waals surface area contributed by atoms with Gasteiger partial charge in [-0.15, -0.1) is 0 Å². The molecule has 0 aliphatic rings. The number of carbonyl (C=O) groups is 2. The molecule has 176 valence electrons. The van der Waals surface area contributed by atoms with Gasteiger partial charge in [-0.2, -0.15) is 5.10 Å². The Morgan fingerprint density at radius 1 is 0.941 bits per heavy atom. The van der Waals surface area contributed by atoms with Crippen LogP contribution in [-0.4, -0.2) is 38.4 Å². The summed E-state index contributed by atoms with van der Waals surface area (Å²) in [5.41, 5.74) is 5.27. The second kappa shape index (κ2) is 12.1. The number of methoxy groups -OCH3 is 1. The second-order valence-corrected chi connectivity index (χ2v) is 7.24. The minimum atomic E-state index is -0.407. The van der Waals surface area contributed by atoms with Crippen molar-refractivity contribution >= 4 is 23.7 Å². The lowest BCUT2D eigenvalue weighted by molar-refractivity contribution is -0.118. The monoisotopic (exact) mass is 461 g/mol. The fraction of sp³-hybridized carbons (Fsp3) is 0.192. The maximum atomic E-state index is 12.5. The van der Waals surface area contributed by atoms with Crippen LogP contribution in [0, 0.1) is 6.92 Å². The van der Waals surface area contributed by atoms with Crippen LogP contribution in [0.4, 0.5) is 5.69 Å². The quantitative estimate of drug-likeness (QED) is 0.349. The Hall–Kier alpha value is -4.33. The van der Waals surface area contributed by atoms with Crippen LogP contribution in [0.2, 0.25) is 0 Å². The summed E-state index contributed by atoms with van der Waals surface area (Å²) in [6.07, 6.45) is 1.46. The number of benzene rings is 3. The molecule has 0 fully saturated rings. The molecule has 3 aromatic rings. The van der Waals surface area contributed by atoms with E-state index in [9.17, 15) is 9.59 Å². The summed E-state index contributed by atoms with van der Waals surface area (Å²) in [7, 11) is 1.54. The molecule has 0 heterocycles. The Morgan fingerprint density at radius 2 is 1.71 bits per heavy atom. The predicted octanol–water partition coefficient (Wildman–Crippen LogP) is 4.18. The number of aryl methyl sites for hydroxylation is 1. The number of rotatable bonds is 10. The second-order valence-electron chi connectivity index (χ2n) is 7.24. The Bertz CT molecular complexity index is 1160. The van der Waals surface area contributed by atoms with Gasteiger partial charge in [0.05, 0.1) is 19.9 Å². The zero-order chi connectivity index (χ0) is 24.3. The van der Waals surface area contributed by atoms with Gasteiger partial charge >= 0.3 is 0 Å². The number of hydrogen-bond acceptors (Lipinski definition) is 6. The highest BCUT2D eigenvalue weighted by Gasteiger charge is 2.11. The molecular weight excluding hydrogens is 434 g/mol. The first-order valence-electron chi connectivity index (χ1n) is 10.7. The minimum absolute atomic E-state index is 0.170. The lowest BCUT2D eigenvalue weighted by Crippen LogP contribution is -2.20. The van der Waals surface area contributed by atoms with Crippen molar-refractivity contribution in [3.05, 3.63) is 83.4 Å². The standard InChI is InChI=1S/C26H27N3O5/c1-4-33-24-15-19(11-14-23(24)32-3)26(31)29-27-16-20-7-5-6-8-22(20)34-17-25(30)28-21-12-9-18(2)10-13-21/h5-16H,4,17H2,1-3H3,(H,28,30)(H,29,31)/b27-16+. The van der Waals surface area contributed by atoms with E-state index in [0.29, 0.717) is 40.7 Å². The van der Waals surface area contributed by atoms with Crippen molar-refractivity contribution in [2.45, 2.75) is 13.8 Å².